The number of benzene rings is 1. The van der Waals surface area contributed by atoms with Gasteiger partial charge in [-0.3, -0.25) is 4.79 Å². The van der Waals surface area contributed by atoms with Gasteiger partial charge in [-0.15, -0.1) is 11.3 Å². The van der Waals surface area contributed by atoms with Gasteiger partial charge in [0, 0.05) is 17.9 Å². The number of allylic oxidation sites excluding steroid dienone is 4. The quantitative estimate of drug-likeness (QED) is 0.759. The lowest BCUT2D eigenvalue weighted by molar-refractivity contribution is 0.587. The van der Waals surface area contributed by atoms with Crippen LogP contribution in [0.25, 0.3) is 15.7 Å². The van der Waals surface area contributed by atoms with Gasteiger partial charge in [0.2, 0.25) is 0 Å². The molecule has 1 aliphatic heterocycles. The van der Waals surface area contributed by atoms with E-state index in [-0.39, 0.29) is 5.56 Å². The zero-order valence-electron chi connectivity index (χ0n) is 11.3. The Kier molecular flexibility index (Phi) is 3.38. The van der Waals surface area contributed by atoms with E-state index in [0.717, 1.165) is 10.4 Å². The Labute approximate surface area is 125 Å². The number of hydrogen-bond donors (Lipinski definition) is 0. The van der Waals surface area contributed by atoms with Crippen molar-refractivity contribution in [3.8, 4) is 6.07 Å². The van der Waals surface area contributed by atoms with Gasteiger partial charge in [-0.05, 0) is 24.3 Å². The summed E-state index contributed by atoms with van der Waals surface area (Å²) in [6, 6.07) is 9.47. The summed E-state index contributed by atoms with van der Waals surface area (Å²) in [6.07, 6.45) is 7.44. The van der Waals surface area contributed by atoms with E-state index < -0.39 is 0 Å². The molecule has 1 aromatic carbocycles. The maximum absolute atomic E-state index is 12.1. The lowest BCUT2D eigenvalue weighted by Crippen LogP contribution is -2.14. The Balaban J connectivity index is 2.26. The molecule has 0 radical (unpaired) electrons. The van der Waals surface area contributed by atoms with Gasteiger partial charge in [0.15, 0.2) is 0 Å². The van der Waals surface area contributed by atoms with Crippen molar-refractivity contribution in [2.24, 2.45) is 0 Å². The van der Waals surface area contributed by atoms with Crippen LogP contribution in [0.2, 0.25) is 0 Å². The summed E-state index contributed by atoms with van der Waals surface area (Å²) in [5.74, 6) is 0. The molecular formula is C16H11N3OS. The number of likely N-dealkylation sites (N-methyl/N-ethyl adjacent to an activating group) is 1. The number of nitrogens with zero attached hydrogens (tertiary/aromatic N) is 3. The standard InChI is InChI=1S/C16H11N3OS/c1-19-9-5-4-7-13(19)12(10-17)16-18-15(20)11-6-2-3-8-14(11)21-16/h2-9H,1H3. The molecule has 0 atom stereocenters. The summed E-state index contributed by atoms with van der Waals surface area (Å²) in [5.41, 5.74) is 0.843. The maximum atomic E-state index is 12.1. The third kappa shape index (κ3) is 2.37. The van der Waals surface area contributed by atoms with E-state index in [1.165, 1.54) is 11.3 Å². The smallest absolute Gasteiger partial charge is 0.279 e. The average molecular weight is 293 g/mol. The van der Waals surface area contributed by atoms with Gasteiger partial charge in [0.05, 0.1) is 11.1 Å². The van der Waals surface area contributed by atoms with E-state index in [4.69, 9.17) is 0 Å². The van der Waals surface area contributed by atoms with Crippen molar-refractivity contribution in [3.05, 3.63) is 69.8 Å². The van der Waals surface area contributed by atoms with Crippen LogP contribution < -0.4 is 5.56 Å². The Morgan fingerprint density at radius 1 is 1.33 bits per heavy atom. The summed E-state index contributed by atoms with van der Waals surface area (Å²) in [6.45, 7) is 0. The van der Waals surface area contributed by atoms with Gasteiger partial charge in [-0.2, -0.15) is 10.2 Å². The second kappa shape index (κ2) is 5.35. The highest BCUT2D eigenvalue weighted by molar-refractivity contribution is 7.19. The van der Waals surface area contributed by atoms with E-state index in [1.54, 1.807) is 6.07 Å². The molecule has 0 unspecified atom stereocenters. The van der Waals surface area contributed by atoms with Gasteiger partial charge in [0.25, 0.3) is 5.56 Å². The first-order chi connectivity index (χ1) is 10.2. The minimum absolute atomic E-state index is 0.300. The molecule has 21 heavy (non-hydrogen) atoms. The lowest BCUT2D eigenvalue weighted by atomic mass is 10.1. The number of rotatable bonds is 1. The molecular weight excluding hydrogens is 282 g/mol. The van der Waals surface area contributed by atoms with Gasteiger partial charge < -0.3 is 4.90 Å². The molecule has 1 aromatic heterocycles. The molecule has 5 heteroatoms. The van der Waals surface area contributed by atoms with Crippen LogP contribution in [0.4, 0.5) is 0 Å². The Morgan fingerprint density at radius 2 is 2.14 bits per heavy atom. The molecule has 102 valence electrons. The first-order valence-electron chi connectivity index (χ1n) is 6.33. The minimum atomic E-state index is -0.300. The highest BCUT2D eigenvalue weighted by Gasteiger charge is 2.15. The normalized spacial score (nSPS) is 16.1. The average Bonchev–Trinajstić information content (AvgIpc) is 2.50. The molecule has 3 rings (SSSR count). The minimum Gasteiger partial charge on any atom is -0.350 e. The van der Waals surface area contributed by atoms with E-state index in [0.29, 0.717) is 16.0 Å². The number of hydrogen-bond acceptors (Lipinski definition) is 5. The molecule has 0 aliphatic carbocycles. The van der Waals surface area contributed by atoms with Crippen LogP contribution in [-0.2, 0) is 0 Å². The Morgan fingerprint density at radius 3 is 2.90 bits per heavy atom. The van der Waals surface area contributed by atoms with Crippen molar-refractivity contribution in [3.63, 3.8) is 0 Å². The van der Waals surface area contributed by atoms with Crippen molar-refractivity contribution in [2.75, 3.05) is 7.05 Å². The third-order valence-corrected chi connectivity index (χ3v) is 4.23. The Bertz CT molecular complexity index is 900. The second-order valence-electron chi connectivity index (χ2n) is 4.50. The van der Waals surface area contributed by atoms with Crippen LogP contribution in [0, 0.1) is 11.3 Å². The summed E-state index contributed by atoms with van der Waals surface area (Å²) in [4.78, 5) is 18.0. The van der Waals surface area contributed by atoms with E-state index >= 15 is 0 Å². The molecule has 2 heterocycles. The molecule has 0 saturated carbocycles. The van der Waals surface area contributed by atoms with E-state index in [9.17, 15) is 10.1 Å². The topological polar surface area (TPSA) is 57.0 Å². The highest BCUT2D eigenvalue weighted by Crippen LogP contribution is 2.27. The maximum Gasteiger partial charge on any atom is 0.279 e. The Hall–Kier alpha value is -2.71. The zero-order valence-corrected chi connectivity index (χ0v) is 12.1. The third-order valence-electron chi connectivity index (χ3n) is 3.16. The highest BCUT2D eigenvalue weighted by atomic mass is 32.1. The summed E-state index contributed by atoms with van der Waals surface area (Å²) in [7, 11) is 1.86. The predicted octanol–water partition coefficient (Wildman–Crippen LogP) is 2.91. The fourth-order valence-electron chi connectivity index (χ4n) is 2.12. The van der Waals surface area contributed by atoms with Gasteiger partial charge in [0.1, 0.15) is 16.6 Å². The van der Waals surface area contributed by atoms with Crippen LogP contribution >= 0.6 is 11.3 Å². The van der Waals surface area contributed by atoms with Gasteiger partial charge in [-0.1, -0.05) is 18.2 Å². The van der Waals surface area contributed by atoms with Gasteiger partial charge in [-0.25, -0.2) is 0 Å². The fraction of sp³-hybridized carbons (Fsp3) is 0.0625. The van der Waals surface area contributed by atoms with Crippen molar-refractivity contribution >= 4 is 27.0 Å². The molecule has 1 aliphatic rings. The first kappa shape index (κ1) is 13.3. The van der Waals surface area contributed by atoms with E-state index in [2.05, 4.69) is 11.1 Å². The van der Waals surface area contributed by atoms with Crippen LogP contribution in [0.1, 0.15) is 5.01 Å². The molecule has 2 aromatic rings. The monoisotopic (exact) mass is 293 g/mol. The molecule has 0 saturated heterocycles. The molecule has 0 bridgehead atoms. The molecule has 0 N–H and O–H groups in total. The number of aromatic nitrogens is 1. The summed E-state index contributed by atoms with van der Waals surface area (Å²) >= 11 is 1.35. The zero-order chi connectivity index (χ0) is 14.8. The predicted molar refractivity (Wildman–Crippen MR) is 84.5 cm³/mol. The second-order valence-corrected chi connectivity index (χ2v) is 5.53. The van der Waals surface area contributed by atoms with Crippen molar-refractivity contribution in [1.29, 1.82) is 5.26 Å². The van der Waals surface area contributed by atoms with Crippen molar-refractivity contribution in [2.45, 2.75) is 0 Å². The van der Waals surface area contributed by atoms with Crippen LogP contribution in [-0.4, -0.2) is 16.9 Å². The van der Waals surface area contributed by atoms with Gasteiger partial charge >= 0.3 is 0 Å². The number of nitriles is 1. The summed E-state index contributed by atoms with van der Waals surface area (Å²) in [5, 5.41) is 10.5. The largest absolute Gasteiger partial charge is 0.350 e. The summed E-state index contributed by atoms with van der Waals surface area (Å²) < 4.78 is 0.832. The SMILES string of the molecule is CN1C=CC=CC1=C(C#N)c1nc(=O)c2ccccc2s1. The van der Waals surface area contributed by atoms with Crippen LogP contribution in [0.5, 0.6) is 0 Å². The first-order valence-corrected chi connectivity index (χ1v) is 7.14. The molecule has 0 spiro atoms. The molecule has 0 fully saturated rings. The molecule has 0 amide bonds. The van der Waals surface area contributed by atoms with Crippen LogP contribution in [0.15, 0.2) is 59.2 Å². The number of fused-ring (bicyclic) bond motifs is 1. The van der Waals surface area contributed by atoms with Crippen molar-refractivity contribution < 1.29 is 0 Å². The van der Waals surface area contributed by atoms with E-state index in [1.807, 2.05) is 54.6 Å². The van der Waals surface area contributed by atoms with Crippen LogP contribution in [0.3, 0.4) is 0 Å². The fourth-order valence-corrected chi connectivity index (χ4v) is 3.12. The molecule has 4 nitrogen and oxygen atoms in total. The van der Waals surface area contributed by atoms with Crippen molar-refractivity contribution in [1.82, 2.24) is 9.88 Å². The lowest BCUT2D eigenvalue weighted by Gasteiger charge is -2.19.